The van der Waals surface area contributed by atoms with Crippen LogP contribution in [-0.2, 0) is 4.74 Å². The first-order chi connectivity index (χ1) is 10.1. The summed E-state index contributed by atoms with van der Waals surface area (Å²) in [5, 5.41) is 10.1. The number of hydrogen-bond donors (Lipinski definition) is 2. The molecule has 1 amide bonds. The lowest BCUT2D eigenvalue weighted by molar-refractivity contribution is 0.0791. The third-order valence-electron chi connectivity index (χ3n) is 3.56. The van der Waals surface area contributed by atoms with Gasteiger partial charge in [-0.3, -0.25) is 9.89 Å². The quantitative estimate of drug-likeness (QED) is 0.909. The van der Waals surface area contributed by atoms with E-state index in [9.17, 15) is 4.79 Å². The van der Waals surface area contributed by atoms with Crippen LogP contribution < -0.4 is 5.32 Å². The molecule has 1 saturated heterocycles. The molecule has 2 N–H and O–H groups in total. The molecule has 2 heterocycles. The Labute approximate surface area is 126 Å². The number of amides is 1. The third kappa shape index (κ3) is 2.91. The zero-order valence-corrected chi connectivity index (χ0v) is 12.2. The van der Waals surface area contributed by atoms with Crippen molar-refractivity contribution in [2.45, 2.75) is 25.5 Å². The summed E-state index contributed by atoms with van der Waals surface area (Å²) in [6, 6.07) is 5.13. The Kier molecular flexibility index (Phi) is 3.90. The van der Waals surface area contributed by atoms with E-state index in [0.717, 1.165) is 12.0 Å². The largest absolute Gasteiger partial charge is 0.368 e. The minimum absolute atomic E-state index is 0.135. The Hall–Kier alpha value is -1.92. The summed E-state index contributed by atoms with van der Waals surface area (Å²) < 4.78 is 5.63. The van der Waals surface area contributed by atoms with Gasteiger partial charge in [0.1, 0.15) is 12.4 Å². The monoisotopic (exact) mass is 306 g/mol. The van der Waals surface area contributed by atoms with Gasteiger partial charge in [0.25, 0.3) is 5.91 Å². The maximum absolute atomic E-state index is 12.4. The van der Waals surface area contributed by atoms with E-state index in [-0.39, 0.29) is 18.1 Å². The molecule has 1 aromatic carbocycles. The van der Waals surface area contributed by atoms with Crippen LogP contribution in [0.4, 0.5) is 0 Å². The number of aryl methyl sites for hydroxylation is 1. The van der Waals surface area contributed by atoms with Gasteiger partial charge in [0.05, 0.1) is 6.04 Å². The predicted molar refractivity (Wildman–Crippen MR) is 77.1 cm³/mol. The van der Waals surface area contributed by atoms with Crippen molar-refractivity contribution in [2.24, 2.45) is 0 Å². The lowest BCUT2D eigenvalue weighted by Crippen LogP contribution is -2.37. The molecule has 0 bridgehead atoms. The van der Waals surface area contributed by atoms with Crippen molar-refractivity contribution >= 4 is 17.5 Å². The first kappa shape index (κ1) is 14.0. The number of H-pyrrole nitrogens is 1. The highest BCUT2D eigenvalue weighted by molar-refractivity contribution is 6.31. The first-order valence-electron chi connectivity index (χ1n) is 6.69. The molecule has 0 saturated carbocycles. The van der Waals surface area contributed by atoms with Gasteiger partial charge in [0.15, 0.2) is 5.82 Å². The fourth-order valence-corrected chi connectivity index (χ4v) is 2.62. The lowest BCUT2D eigenvalue weighted by atomic mass is 10.1. The van der Waals surface area contributed by atoms with Crippen molar-refractivity contribution in [3.63, 3.8) is 0 Å². The molecule has 2 aromatic rings. The third-order valence-corrected chi connectivity index (χ3v) is 3.79. The number of hydrogen-bond acceptors (Lipinski definition) is 4. The molecule has 110 valence electrons. The number of rotatable bonds is 3. The van der Waals surface area contributed by atoms with E-state index < -0.39 is 0 Å². The van der Waals surface area contributed by atoms with Crippen molar-refractivity contribution in [3.8, 4) is 0 Å². The van der Waals surface area contributed by atoms with E-state index in [4.69, 9.17) is 16.3 Å². The van der Waals surface area contributed by atoms with Crippen LogP contribution in [0.3, 0.4) is 0 Å². The number of ether oxygens (including phenoxy) is 1. The highest BCUT2D eigenvalue weighted by atomic mass is 35.5. The van der Waals surface area contributed by atoms with Gasteiger partial charge in [0, 0.05) is 17.2 Å². The normalized spacial score (nSPS) is 21.4. The predicted octanol–water partition coefficient (Wildman–Crippen LogP) is 2.03. The molecule has 1 aromatic heterocycles. The van der Waals surface area contributed by atoms with Gasteiger partial charge in [-0.2, -0.15) is 5.10 Å². The van der Waals surface area contributed by atoms with Gasteiger partial charge in [-0.15, -0.1) is 0 Å². The number of carbonyl (C=O) groups excluding carboxylic acids is 1. The Morgan fingerprint density at radius 1 is 1.52 bits per heavy atom. The zero-order valence-electron chi connectivity index (χ0n) is 11.5. The molecule has 1 fully saturated rings. The summed E-state index contributed by atoms with van der Waals surface area (Å²) in [5.41, 5.74) is 1.46. The Morgan fingerprint density at radius 3 is 3.14 bits per heavy atom. The maximum Gasteiger partial charge on any atom is 0.251 e. The van der Waals surface area contributed by atoms with Gasteiger partial charge in [-0.05, 0) is 31.0 Å². The van der Waals surface area contributed by atoms with E-state index in [1.54, 1.807) is 12.1 Å². The van der Waals surface area contributed by atoms with Gasteiger partial charge in [-0.25, -0.2) is 4.98 Å². The van der Waals surface area contributed by atoms with Crippen molar-refractivity contribution in [1.29, 1.82) is 0 Å². The van der Waals surface area contributed by atoms with E-state index in [0.29, 0.717) is 23.0 Å². The van der Waals surface area contributed by atoms with Crippen molar-refractivity contribution in [2.75, 3.05) is 6.61 Å². The Balaban J connectivity index is 1.76. The fraction of sp³-hybridized carbons (Fsp3) is 0.357. The maximum atomic E-state index is 12.4. The highest BCUT2D eigenvalue weighted by Gasteiger charge is 2.33. The summed E-state index contributed by atoms with van der Waals surface area (Å²) in [6.45, 7) is 2.45. The second-order valence-electron chi connectivity index (χ2n) is 4.99. The van der Waals surface area contributed by atoms with Crippen LogP contribution in [0.15, 0.2) is 24.5 Å². The van der Waals surface area contributed by atoms with Gasteiger partial charge in [0.2, 0.25) is 0 Å². The van der Waals surface area contributed by atoms with Crippen molar-refractivity contribution in [1.82, 2.24) is 20.5 Å². The summed E-state index contributed by atoms with van der Waals surface area (Å²) in [5.74, 6) is 0.468. The summed E-state index contributed by atoms with van der Waals surface area (Å²) in [6.07, 6.45) is 1.87. The molecule has 2 atom stereocenters. The summed E-state index contributed by atoms with van der Waals surface area (Å²) in [7, 11) is 0. The summed E-state index contributed by atoms with van der Waals surface area (Å²) >= 11 is 5.96. The minimum Gasteiger partial charge on any atom is -0.368 e. The van der Waals surface area contributed by atoms with Crippen LogP contribution in [0.25, 0.3) is 0 Å². The minimum atomic E-state index is -0.295. The molecule has 3 rings (SSSR count). The standard InChI is InChI=1S/C14H15ClN4O2/c1-8-2-3-9(15)6-10(8)14(20)18-11-4-5-21-12(11)13-16-7-17-19-13/h2-3,6-7,11-12H,4-5H2,1H3,(H,18,20)(H,16,17,19)/t11-,12+/m0/s1. The number of aromatic nitrogens is 3. The molecule has 1 aliphatic heterocycles. The van der Waals surface area contributed by atoms with Gasteiger partial charge >= 0.3 is 0 Å². The second kappa shape index (κ2) is 5.83. The van der Waals surface area contributed by atoms with Crippen LogP contribution in [0, 0.1) is 6.92 Å². The molecule has 21 heavy (non-hydrogen) atoms. The number of carbonyl (C=O) groups is 1. The van der Waals surface area contributed by atoms with Crippen LogP contribution in [0.1, 0.15) is 34.3 Å². The van der Waals surface area contributed by atoms with Crippen LogP contribution in [0.2, 0.25) is 5.02 Å². The Morgan fingerprint density at radius 2 is 2.38 bits per heavy atom. The molecular weight excluding hydrogens is 292 g/mol. The average molecular weight is 307 g/mol. The van der Waals surface area contributed by atoms with E-state index in [2.05, 4.69) is 20.5 Å². The fourth-order valence-electron chi connectivity index (χ4n) is 2.44. The number of benzene rings is 1. The van der Waals surface area contributed by atoms with Gasteiger partial charge in [-0.1, -0.05) is 17.7 Å². The van der Waals surface area contributed by atoms with E-state index in [1.165, 1.54) is 6.33 Å². The zero-order chi connectivity index (χ0) is 14.8. The molecule has 1 aliphatic rings. The van der Waals surface area contributed by atoms with Crippen LogP contribution >= 0.6 is 11.6 Å². The Bertz CT molecular complexity index is 644. The molecule has 0 aliphatic carbocycles. The number of aromatic amines is 1. The number of nitrogens with zero attached hydrogens (tertiary/aromatic N) is 2. The molecule has 0 unspecified atom stereocenters. The van der Waals surface area contributed by atoms with Crippen LogP contribution in [0.5, 0.6) is 0 Å². The number of halogens is 1. The molecule has 7 heteroatoms. The topological polar surface area (TPSA) is 79.9 Å². The van der Waals surface area contributed by atoms with E-state index in [1.807, 2.05) is 13.0 Å². The molecule has 0 spiro atoms. The highest BCUT2D eigenvalue weighted by Crippen LogP contribution is 2.27. The second-order valence-corrected chi connectivity index (χ2v) is 5.43. The average Bonchev–Trinajstić information content (AvgIpc) is 3.11. The molecular formula is C14H15ClN4O2. The SMILES string of the molecule is Cc1ccc(Cl)cc1C(=O)N[C@H]1CCO[C@H]1c1ncn[nH]1. The lowest BCUT2D eigenvalue weighted by Gasteiger charge is -2.18. The van der Waals surface area contributed by atoms with Crippen molar-refractivity contribution in [3.05, 3.63) is 46.5 Å². The van der Waals surface area contributed by atoms with E-state index >= 15 is 0 Å². The van der Waals surface area contributed by atoms with Gasteiger partial charge < -0.3 is 10.1 Å². The van der Waals surface area contributed by atoms with Crippen molar-refractivity contribution < 1.29 is 9.53 Å². The number of nitrogens with one attached hydrogen (secondary N) is 2. The van der Waals surface area contributed by atoms with Crippen LogP contribution in [-0.4, -0.2) is 33.7 Å². The molecule has 0 radical (unpaired) electrons. The summed E-state index contributed by atoms with van der Waals surface area (Å²) in [4.78, 5) is 16.5. The molecule has 6 nitrogen and oxygen atoms in total. The first-order valence-corrected chi connectivity index (χ1v) is 7.07. The smallest absolute Gasteiger partial charge is 0.251 e.